The minimum absolute atomic E-state index is 0.0653. The topological polar surface area (TPSA) is 47.3 Å². The van der Waals surface area contributed by atoms with E-state index in [9.17, 15) is 13.2 Å². The lowest BCUT2D eigenvalue weighted by molar-refractivity contribution is -0.136. The fourth-order valence-corrected chi connectivity index (χ4v) is 1.36. The summed E-state index contributed by atoms with van der Waals surface area (Å²) in [5.41, 5.74) is 2.48. The summed E-state index contributed by atoms with van der Waals surface area (Å²) in [6.45, 7) is 4.15. The van der Waals surface area contributed by atoms with E-state index >= 15 is 0 Å². The number of hydrogen-bond donors (Lipinski definition) is 2. The molecule has 0 saturated heterocycles. The first-order valence-electron chi connectivity index (χ1n) is 5.05. The van der Waals surface area contributed by atoms with E-state index in [2.05, 4.69) is 5.43 Å². The smallest absolute Gasteiger partial charge is 0.377 e. The van der Waals surface area contributed by atoms with Gasteiger partial charge in [-0.1, -0.05) is 0 Å². The lowest BCUT2D eigenvalue weighted by atomic mass is 10.1. The predicted octanol–water partition coefficient (Wildman–Crippen LogP) is 1.98. The lowest BCUT2D eigenvalue weighted by Gasteiger charge is -2.23. The summed E-state index contributed by atoms with van der Waals surface area (Å²) in [6, 6.07) is -0.229. The van der Waals surface area contributed by atoms with Gasteiger partial charge in [0.05, 0.1) is 6.10 Å². The standard InChI is InChI=1S/C9H19F3N2O/c1-3-15-7(2)8(14-13)5-4-6-9(10,11)12/h7-8,14H,3-6,13H2,1-2H3. The van der Waals surface area contributed by atoms with Crippen molar-refractivity contribution in [2.45, 2.75) is 51.4 Å². The van der Waals surface area contributed by atoms with Crippen molar-refractivity contribution in [2.24, 2.45) is 5.84 Å². The molecule has 0 aliphatic carbocycles. The first kappa shape index (κ1) is 14.7. The zero-order valence-corrected chi connectivity index (χ0v) is 9.10. The Bertz CT molecular complexity index is 164. The van der Waals surface area contributed by atoms with Crippen molar-refractivity contribution in [2.75, 3.05) is 6.61 Å². The van der Waals surface area contributed by atoms with E-state index in [4.69, 9.17) is 10.6 Å². The summed E-state index contributed by atoms with van der Waals surface area (Å²) in [4.78, 5) is 0. The molecule has 0 aliphatic heterocycles. The van der Waals surface area contributed by atoms with Crippen LogP contribution in [0, 0.1) is 0 Å². The predicted molar refractivity (Wildman–Crippen MR) is 52.1 cm³/mol. The zero-order valence-electron chi connectivity index (χ0n) is 9.10. The highest BCUT2D eigenvalue weighted by molar-refractivity contribution is 4.71. The van der Waals surface area contributed by atoms with Crippen molar-refractivity contribution in [3.63, 3.8) is 0 Å². The fraction of sp³-hybridized carbons (Fsp3) is 1.00. The van der Waals surface area contributed by atoms with E-state index in [0.29, 0.717) is 13.0 Å². The van der Waals surface area contributed by atoms with Crippen LogP contribution < -0.4 is 11.3 Å². The van der Waals surface area contributed by atoms with Gasteiger partial charge in [0.25, 0.3) is 0 Å². The lowest BCUT2D eigenvalue weighted by Crippen LogP contribution is -2.44. The van der Waals surface area contributed by atoms with Gasteiger partial charge in [0.1, 0.15) is 0 Å². The van der Waals surface area contributed by atoms with Crippen LogP contribution in [0.15, 0.2) is 0 Å². The van der Waals surface area contributed by atoms with E-state index < -0.39 is 12.6 Å². The molecule has 0 heterocycles. The van der Waals surface area contributed by atoms with E-state index in [1.165, 1.54) is 0 Å². The number of halogens is 3. The van der Waals surface area contributed by atoms with Gasteiger partial charge in [0.2, 0.25) is 0 Å². The van der Waals surface area contributed by atoms with E-state index in [1.54, 1.807) is 6.92 Å². The molecule has 0 saturated carbocycles. The van der Waals surface area contributed by atoms with Crippen LogP contribution in [0.1, 0.15) is 33.1 Å². The van der Waals surface area contributed by atoms with Crippen molar-refractivity contribution in [1.82, 2.24) is 5.43 Å². The Balaban J connectivity index is 3.80. The molecule has 92 valence electrons. The second-order valence-electron chi connectivity index (χ2n) is 3.44. The van der Waals surface area contributed by atoms with Gasteiger partial charge in [-0.15, -0.1) is 0 Å². The van der Waals surface area contributed by atoms with Crippen LogP contribution >= 0.6 is 0 Å². The highest BCUT2D eigenvalue weighted by atomic mass is 19.4. The average Bonchev–Trinajstić information content (AvgIpc) is 2.11. The summed E-state index contributed by atoms with van der Waals surface area (Å²) < 4.78 is 40.9. The molecule has 15 heavy (non-hydrogen) atoms. The third-order valence-corrected chi connectivity index (χ3v) is 2.19. The quantitative estimate of drug-likeness (QED) is 0.517. The maximum atomic E-state index is 11.9. The van der Waals surface area contributed by atoms with Crippen molar-refractivity contribution in [3.8, 4) is 0 Å². The van der Waals surface area contributed by atoms with Gasteiger partial charge in [-0.2, -0.15) is 13.2 Å². The third-order valence-electron chi connectivity index (χ3n) is 2.19. The summed E-state index contributed by atoms with van der Waals surface area (Å²) in [6.07, 6.45) is -4.61. The SMILES string of the molecule is CCOC(C)C(CCCC(F)(F)F)NN. The Kier molecular flexibility index (Phi) is 6.87. The molecule has 2 unspecified atom stereocenters. The highest BCUT2D eigenvalue weighted by Crippen LogP contribution is 2.23. The van der Waals surface area contributed by atoms with Crippen LogP contribution in [0.4, 0.5) is 13.2 Å². The maximum Gasteiger partial charge on any atom is 0.389 e. The minimum Gasteiger partial charge on any atom is -0.377 e. The van der Waals surface area contributed by atoms with Crippen LogP contribution in [0.2, 0.25) is 0 Å². The molecule has 0 rings (SSSR count). The molecule has 0 bridgehead atoms. The molecule has 0 aromatic heterocycles. The molecular formula is C9H19F3N2O. The first-order valence-corrected chi connectivity index (χ1v) is 5.05. The van der Waals surface area contributed by atoms with E-state index in [0.717, 1.165) is 0 Å². The highest BCUT2D eigenvalue weighted by Gasteiger charge is 2.27. The van der Waals surface area contributed by atoms with Crippen LogP contribution in [0.5, 0.6) is 0 Å². The number of ether oxygens (including phenoxy) is 1. The van der Waals surface area contributed by atoms with Crippen molar-refractivity contribution >= 4 is 0 Å². The van der Waals surface area contributed by atoms with Crippen LogP contribution in [-0.4, -0.2) is 24.9 Å². The Labute approximate surface area is 88.1 Å². The van der Waals surface area contributed by atoms with Gasteiger partial charge in [0, 0.05) is 19.1 Å². The molecule has 3 N–H and O–H groups in total. The zero-order chi connectivity index (χ0) is 11.9. The number of nitrogens with two attached hydrogens (primary N) is 1. The summed E-state index contributed by atoms with van der Waals surface area (Å²) >= 11 is 0. The number of alkyl halides is 3. The van der Waals surface area contributed by atoms with Crippen LogP contribution in [0.3, 0.4) is 0 Å². The summed E-state index contributed by atoms with van der Waals surface area (Å²) in [5, 5.41) is 0. The van der Waals surface area contributed by atoms with Crippen LogP contribution in [-0.2, 0) is 4.74 Å². The van der Waals surface area contributed by atoms with Gasteiger partial charge >= 0.3 is 6.18 Å². The van der Waals surface area contributed by atoms with Gasteiger partial charge in [-0.05, 0) is 26.7 Å². The monoisotopic (exact) mass is 228 g/mol. The summed E-state index contributed by atoms with van der Waals surface area (Å²) in [5.74, 6) is 5.24. The maximum absolute atomic E-state index is 11.9. The van der Waals surface area contributed by atoms with Gasteiger partial charge in [-0.3, -0.25) is 11.3 Å². The fourth-order valence-electron chi connectivity index (χ4n) is 1.36. The average molecular weight is 228 g/mol. The van der Waals surface area contributed by atoms with Crippen molar-refractivity contribution in [1.29, 1.82) is 0 Å². The third kappa shape index (κ3) is 7.58. The number of hydrazine groups is 1. The number of rotatable bonds is 7. The molecule has 0 amide bonds. The molecular weight excluding hydrogens is 209 g/mol. The Hall–Kier alpha value is -0.330. The first-order chi connectivity index (χ1) is 6.90. The summed E-state index contributed by atoms with van der Waals surface area (Å²) in [7, 11) is 0. The molecule has 0 aromatic rings. The molecule has 0 aromatic carbocycles. The Morgan fingerprint density at radius 2 is 2.00 bits per heavy atom. The van der Waals surface area contributed by atoms with Crippen LogP contribution in [0.25, 0.3) is 0 Å². The number of hydrogen-bond acceptors (Lipinski definition) is 3. The van der Waals surface area contributed by atoms with Gasteiger partial charge < -0.3 is 4.74 Å². The Morgan fingerprint density at radius 3 is 2.40 bits per heavy atom. The second-order valence-corrected chi connectivity index (χ2v) is 3.44. The molecule has 0 fully saturated rings. The minimum atomic E-state index is -4.09. The van der Waals surface area contributed by atoms with Crippen molar-refractivity contribution in [3.05, 3.63) is 0 Å². The molecule has 2 atom stereocenters. The van der Waals surface area contributed by atoms with Gasteiger partial charge in [0.15, 0.2) is 0 Å². The van der Waals surface area contributed by atoms with E-state index in [-0.39, 0.29) is 18.6 Å². The molecule has 0 radical (unpaired) electrons. The number of nitrogens with one attached hydrogen (secondary N) is 1. The normalized spacial score (nSPS) is 16.4. The van der Waals surface area contributed by atoms with Gasteiger partial charge in [-0.25, -0.2) is 0 Å². The Morgan fingerprint density at radius 1 is 1.40 bits per heavy atom. The van der Waals surface area contributed by atoms with Crippen molar-refractivity contribution < 1.29 is 17.9 Å². The second kappa shape index (κ2) is 7.03. The molecule has 0 aliphatic rings. The van der Waals surface area contributed by atoms with E-state index in [1.807, 2.05) is 6.92 Å². The molecule has 0 spiro atoms. The molecule has 6 heteroatoms. The molecule has 3 nitrogen and oxygen atoms in total. The largest absolute Gasteiger partial charge is 0.389 e.